The number of hydrogen-bond donors (Lipinski definition) is 1. The number of rotatable bonds is 4. The second-order valence-corrected chi connectivity index (χ2v) is 6.12. The van der Waals surface area contributed by atoms with E-state index in [0.717, 1.165) is 34.8 Å². The van der Waals surface area contributed by atoms with E-state index >= 15 is 0 Å². The highest BCUT2D eigenvalue weighted by atomic mass is 32.2. The highest BCUT2D eigenvalue weighted by molar-refractivity contribution is 8.13. The average Bonchev–Trinajstić information content (AvgIpc) is 2.61. The molecule has 0 aliphatic rings. The van der Waals surface area contributed by atoms with Crippen molar-refractivity contribution in [1.29, 1.82) is 0 Å². The Morgan fingerprint density at radius 2 is 1.88 bits per heavy atom. The lowest BCUT2D eigenvalue weighted by Crippen LogP contribution is -2.11. The van der Waals surface area contributed by atoms with E-state index in [9.17, 15) is 18.0 Å². The fourth-order valence-corrected chi connectivity index (χ4v) is 2.77. The molecule has 1 aromatic heterocycles. The number of carbonyl (C=O) groups is 1. The lowest BCUT2D eigenvalue weighted by atomic mass is 10.1. The molecule has 0 spiro atoms. The highest BCUT2D eigenvalue weighted by Gasteiger charge is 2.32. The van der Waals surface area contributed by atoms with Crippen molar-refractivity contribution in [3.63, 3.8) is 0 Å². The number of benzene rings is 2. The van der Waals surface area contributed by atoms with Gasteiger partial charge in [-0.1, -0.05) is 36.4 Å². The number of carbonyl (C=O) groups excluding carboxylic acids is 1. The van der Waals surface area contributed by atoms with Gasteiger partial charge in [-0.25, -0.2) is 0 Å². The van der Waals surface area contributed by atoms with Crippen molar-refractivity contribution in [2.75, 3.05) is 11.3 Å². The molecule has 8 heteroatoms. The molecule has 0 fully saturated rings. The predicted molar refractivity (Wildman–Crippen MR) is 95.3 cm³/mol. The van der Waals surface area contributed by atoms with Crippen molar-refractivity contribution in [3.05, 3.63) is 66.5 Å². The quantitative estimate of drug-likeness (QED) is 0.604. The maximum absolute atomic E-state index is 12.6. The Labute approximate surface area is 151 Å². The van der Waals surface area contributed by atoms with Gasteiger partial charge in [0.05, 0.1) is 0 Å². The normalized spacial score (nSPS) is 11.3. The van der Waals surface area contributed by atoms with Crippen LogP contribution in [0.4, 0.5) is 23.7 Å². The first kappa shape index (κ1) is 18.1. The number of ether oxygens (including phenoxy) is 1. The number of pyridine rings is 1. The minimum absolute atomic E-state index is 0.0231. The number of aromatic nitrogens is 1. The Hall–Kier alpha value is -2.74. The summed E-state index contributed by atoms with van der Waals surface area (Å²) in [4.78, 5) is 15.1. The van der Waals surface area contributed by atoms with Gasteiger partial charge in [0.2, 0.25) is 0 Å². The van der Waals surface area contributed by atoms with E-state index in [1.165, 1.54) is 6.07 Å². The maximum atomic E-state index is 12.6. The smallest absolute Gasteiger partial charge is 0.433 e. The Morgan fingerprint density at radius 1 is 1.12 bits per heavy atom. The van der Waals surface area contributed by atoms with Crippen molar-refractivity contribution < 1.29 is 22.7 Å². The molecule has 1 amide bonds. The first-order chi connectivity index (χ1) is 12.4. The second kappa shape index (κ2) is 7.65. The molecule has 1 heterocycles. The van der Waals surface area contributed by atoms with Crippen molar-refractivity contribution in [2.24, 2.45) is 0 Å². The van der Waals surface area contributed by atoms with Crippen LogP contribution >= 0.6 is 11.8 Å². The third kappa shape index (κ3) is 4.45. The van der Waals surface area contributed by atoms with E-state index in [0.29, 0.717) is 5.75 Å². The number of nitrogens with one attached hydrogen (secondary N) is 1. The van der Waals surface area contributed by atoms with Crippen LogP contribution < -0.4 is 10.1 Å². The second-order valence-electron chi connectivity index (χ2n) is 5.22. The van der Waals surface area contributed by atoms with Crippen LogP contribution in [0.1, 0.15) is 5.69 Å². The Balaban J connectivity index is 1.58. The van der Waals surface area contributed by atoms with Gasteiger partial charge in [0, 0.05) is 17.3 Å². The molecule has 134 valence electrons. The predicted octanol–water partition coefficient (Wildman–Crippen LogP) is 5.56. The van der Waals surface area contributed by atoms with Crippen LogP contribution in [0.25, 0.3) is 10.8 Å². The van der Waals surface area contributed by atoms with Gasteiger partial charge in [-0.15, -0.1) is 0 Å². The molecule has 1 N–H and O–H groups in total. The van der Waals surface area contributed by atoms with E-state index in [-0.39, 0.29) is 11.6 Å². The number of hydrogen-bond acceptors (Lipinski definition) is 4. The SMILES string of the molecule is O=C(Nc1ccnc(C(F)(F)F)c1)SCOc1cccc2ccccc12. The molecule has 0 saturated heterocycles. The standard InChI is InChI=1S/C18H13F3N2O2S/c19-18(20,21)16-10-13(8-9-22-16)23-17(24)26-11-25-15-7-3-5-12-4-1-2-6-14(12)15/h1-10H,11H2,(H,22,23,24). The summed E-state index contributed by atoms with van der Waals surface area (Å²) in [5.41, 5.74) is -1.04. The lowest BCUT2D eigenvalue weighted by Gasteiger charge is -2.10. The summed E-state index contributed by atoms with van der Waals surface area (Å²) in [6.45, 7) is 0. The zero-order valence-electron chi connectivity index (χ0n) is 13.3. The third-order valence-corrected chi connectivity index (χ3v) is 4.05. The Kier molecular flexibility index (Phi) is 5.32. The molecule has 3 rings (SSSR count). The fraction of sp³-hybridized carbons (Fsp3) is 0.111. The summed E-state index contributed by atoms with van der Waals surface area (Å²) in [7, 11) is 0. The number of nitrogens with zero attached hydrogens (tertiary/aromatic N) is 1. The molecule has 26 heavy (non-hydrogen) atoms. The molecule has 2 aromatic carbocycles. The lowest BCUT2D eigenvalue weighted by molar-refractivity contribution is -0.141. The van der Waals surface area contributed by atoms with Crippen LogP contribution in [0.5, 0.6) is 5.75 Å². The molecular formula is C18H13F3N2O2S. The number of thioether (sulfide) groups is 1. The number of fused-ring (bicyclic) bond motifs is 1. The molecule has 4 nitrogen and oxygen atoms in total. The zero-order chi connectivity index (χ0) is 18.6. The van der Waals surface area contributed by atoms with Crippen LogP contribution in [0.3, 0.4) is 0 Å². The van der Waals surface area contributed by atoms with E-state index in [2.05, 4.69) is 10.3 Å². The van der Waals surface area contributed by atoms with Crippen molar-refractivity contribution in [2.45, 2.75) is 6.18 Å². The summed E-state index contributed by atoms with van der Waals surface area (Å²) < 4.78 is 43.5. The van der Waals surface area contributed by atoms with E-state index in [1.807, 2.05) is 36.4 Å². The van der Waals surface area contributed by atoms with Gasteiger partial charge in [-0.2, -0.15) is 13.2 Å². The van der Waals surface area contributed by atoms with Crippen molar-refractivity contribution in [3.8, 4) is 5.75 Å². The first-order valence-electron chi connectivity index (χ1n) is 7.51. The van der Waals surface area contributed by atoms with Crippen molar-refractivity contribution >= 4 is 33.5 Å². The average molecular weight is 378 g/mol. The molecule has 0 aliphatic carbocycles. The van der Waals surface area contributed by atoms with Gasteiger partial charge in [0.1, 0.15) is 17.4 Å². The minimum Gasteiger partial charge on any atom is -0.482 e. The molecule has 0 radical (unpaired) electrons. The summed E-state index contributed by atoms with van der Waals surface area (Å²) in [6.07, 6.45) is -3.57. The van der Waals surface area contributed by atoms with Crippen LogP contribution in [0.2, 0.25) is 0 Å². The minimum atomic E-state index is -4.56. The van der Waals surface area contributed by atoms with Crippen LogP contribution in [-0.2, 0) is 6.18 Å². The summed E-state index contributed by atoms with van der Waals surface area (Å²) in [5.74, 6) is 0.656. The number of alkyl halides is 3. The highest BCUT2D eigenvalue weighted by Crippen LogP contribution is 2.29. The van der Waals surface area contributed by atoms with Crippen LogP contribution in [-0.4, -0.2) is 16.2 Å². The number of anilines is 1. The molecule has 0 aliphatic heterocycles. The monoisotopic (exact) mass is 378 g/mol. The van der Waals surface area contributed by atoms with Crippen LogP contribution in [0, 0.1) is 0 Å². The molecule has 0 saturated carbocycles. The Morgan fingerprint density at radius 3 is 2.69 bits per heavy atom. The van der Waals surface area contributed by atoms with Gasteiger partial charge in [0.25, 0.3) is 5.24 Å². The van der Waals surface area contributed by atoms with Gasteiger partial charge >= 0.3 is 6.18 Å². The molecule has 0 bridgehead atoms. The number of halogens is 3. The van der Waals surface area contributed by atoms with Gasteiger partial charge < -0.3 is 10.1 Å². The van der Waals surface area contributed by atoms with Crippen LogP contribution in [0.15, 0.2) is 60.8 Å². The van der Waals surface area contributed by atoms with Gasteiger partial charge in [-0.05, 0) is 35.3 Å². The van der Waals surface area contributed by atoms with Crippen molar-refractivity contribution in [1.82, 2.24) is 4.98 Å². The summed E-state index contributed by atoms with van der Waals surface area (Å²) >= 11 is 0.814. The summed E-state index contributed by atoms with van der Waals surface area (Å²) in [6, 6.07) is 15.3. The molecule has 3 aromatic rings. The van der Waals surface area contributed by atoms with E-state index in [1.54, 1.807) is 6.07 Å². The van der Waals surface area contributed by atoms with Gasteiger partial charge in [-0.3, -0.25) is 9.78 Å². The van der Waals surface area contributed by atoms with E-state index < -0.39 is 17.1 Å². The molecular weight excluding hydrogens is 365 g/mol. The van der Waals surface area contributed by atoms with Gasteiger partial charge in [0.15, 0.2) is 0 Å². The Bertz CT molecular complexity index is 926. The molecule has 0 atom stereocenters. The molecule has 0 unspecified atom stereocenters. The topological polar surface area (TPSA) is 51.2 Å². The summed E-state index contributed by atoms with van der Waals surface area (Å²) in [5, 5.41) is 3.79. The third-order valence-electron chi connectivity index (χ3n) is 3.45. The largest absolute Gasteiger partial charge is 0.482 e. The van der Waals surface area contributed by atoms with E-state index in [4.69, 9.17) is 4.74 Å². The zero-order valence-corrected chi connectivity index (χ0v) is 14.1. The first-order valence-corrected chi connectivity index (χ1v) is 8.49. The fourth-order valence-electron chi connectivity index (χ4n) is 2.29. The maximum Gasteiger partial charge on any atom is 0.433 e. The number of amides is 1.